The van der Waals surface area contributed by atoms with E-state index in [-0.39, 0.29) is 5.75 Å². The van der Waals surface area contributed by atoms with Crippen molar-refractivity contribution in [2.24, 2.45) is 5.92 Å². The topological polar surface area (TPSA) is 46.6 Å². The van der Waals surface area contributed by atoms with Crippen molar-refractivity contribution in [1.29, 1.82) is 0 Å². The van der Waals surface area contributed by atoms with Gasteiger partial charge in [-0.1, -0.05) is 30.3 Å². The lowest BCUT2D eigenvalue weighted by Crippen LogP contribution is -2.39. The Hall–Kier alpha value is -0.910. The maximum absolute atomic E-state index is 12.3. The highest BCUT2D eigenvalue weighted by Crippen LogP contribution is 2.21. The SMILES string of the molecule is COCC1CCN(S(=O)(=O)Cc2ccccc2)CC1. The van der Waals surface area contributed by atoms with Gasteiger partial charge in [0.1, 0.15) is 0 Å². The minimum absolute atomic E-state index is 0.1000. The normalized spacial score (nSPS) is 18.6. The Balaban J connectivity index is 1.94. The van der Waals surface area contributed by atoms with E-state index < -0.39 is 10.0 Å². The van der Waals surface area contributed by atoms with Gasteiger partial charge < -0.3 is 4.74 Å². The Bertz CT molecular complexity index is 479. The number of ether oxygens (including phenoxy) is 1. The first-order valence-electron chi connectivity index (χ1n) is 6.62. The van der Waals surface area contributed by atoms with Crippen LogP contribution in [0.2, 0.25) is 0 Å². The molecule has 1 aromatic carbocycles. The molecule has 106 valence electrons. The summed E-state index contributed by atoms with van der Waals surface area (Å²) in [5, 5.41) is 0. The van der Waals surface area contributed by atoms with Gasteiger partial charge in [0.25, 0.3) is 0 Å². The fourth-order valence-corrected chi connectivity index (χ4v) is 4.03. The van der Waals surface area contributed by atoms with Crippen molar-refractivity contribution in [1.82, 2.24) is 4.31 Å². The van der Waals surface area contributed by atoms with Gasteiger partial charge in [0.15, 0.2) is 0 Å². The van der Waals surface area contributed by atoms with E-state index in [9.17, 15) is 8.42 Å². The zero-order chi connectivity index (χ0) is 13.7. The molecule has 2 rings (SSSR count). The smallest absolute Gasteiger partial charge is 0.218 e. The van der Waals surface area contributed by atoms with Gasteiger partial charge in [0, 0.05) is 26.8 Å². The van der Waals surface area contributed by atoms with Crippen LogP contribution in [0.15, 0.2) is 30.3 Å². The molecule has 1 aliphatic rings. The summed E-state index contributed by atoms with van der Waals surface area (Å²) in [5.41, 5.74) is 0.849. The van der Waals surface area contributed by atoms with E-state index in [0.29, 0.717) is 19.0 Å². The summed E-state index contributed by atoms with van der Waals surface area (Å²) < 4.78 is 31.4. The van der Waals surface area contributed by atoms with Crippen LogP contribution in [0.25, 0.3) is 0 Å². The fraction of sp³-hybridized carbons (Fsp3) is 0.571. The standard InChI is InChI=1S/C14H21NO3S/c1-18-11-13-7-9-15(10-8-13)19(16,17)12-14-5-3-2-4-6-14/h2-6,13H,7-12H2,1H3. The monoisotopic (exact) mass is 283 g/mol. The van der Waals surface area contributed by atoms with E-state index in [0.717, 1.165) is 25.0 Å². The molecule has 0 unspecified atom stereocenters. The molecule has 0 atom stereocenters. The molecule has 1 saturated heterocycles. The van der Waals surface area contributed by atoms with Crippen LogP contribution in [-0.4, -0.2) is 39.5 Å². The quantitative estimate of drug-likeness (QED) is 0.829. The molecule has 0 saturated carbocycles. The Morgan fingerprint density at radius 3 is 2.42 bits per heavy atom. The maximum atomic E-state index is 12.3. The second-order valence-electron chi connectivity index (χ2n) is 5.04. The number of benzene rings is 1. The van der Waals surface area contributed by atoms with Crippen LogP contribution in [0.3, 0.4) is 0 Å². The highest BCUT2D eigenvalue weighted by Gasteiger charge is 2.27. The van der Waals surface area contributed by atoms with Gasteiger partial charge in [-0.25, -0.2) is 12.7 Å². The molecule has 19 heavy (non-hydrogen) atoms. The highest BCUT2D eigenvalue weighted by atomic mass is 32.2. The van der Waals surface area contributed by atoms with Gasteiger partial charge in [-0.05, 0) is 24.3 Å². The Labute approximate surface area is 115 Å². The Kier molecular flexibility index (Phi) is 4.96. The van der Waals surface area contributed by atoms with Crippen molar-refractivity contribution in [2.75, 3.05) is 26.8 Å². The van der Waals surface area contributed by atoms with Crippen LogP contribution in [0, 0.1) is 5.92 Å². The molecule has 0 bridgehead atoms. The molecule has 0 aromatic heterocycles. The van der Waals surface area contributed by atoms with Crippen molar-refractivity contribution in [2.45, 2.75) is 18.6 Å². The van der Waals surface area contributed by atoms with Gasteiger partial charge in [-0.2, -0.15) is 0 Å². The number of sulfonamides is 1. The first-order chi connectivity index (χ1) is 9.12. The van der Waals surface area contributed by atoms with E-state index in [1.807, 2.05) is 30.3 Å². The Morgan fingerprint density at radius 1 is 1.21 bits per heavy atom. The third kappa shape index (κ3) is 4.03. The van der Waals surface area contributed by atoms with Gasteiger partial charge in [-0.15, -0.1) is 0 Å². The molecule has 1 heterocycles. The maximum Gasteiger partial charge on any atom is 0.218 e. The molecule has 4 nitrogen and oxygen atoms in total. The van der Waals surface area contributed by atoms with Crippen molar-refractivity contribution in [3.05, 3.63) is 35.9 Å². The summed E-state index contributed by atoms with van der Waals surface area (Å²) in [6, 6.07) is 9.35. The number of hydrogen-bond acceptors (Lipinski definition) is 3. The summed E-state index contributed by atoms with van der Waals surface area (Å²) in [4.78, 5) is 0. The second-order valence-corrected chi connectivity index (χ2v) is 7.01. The number of hydrogen-bond donors (Lipinski definition) is 0. The van der Waals surface area contributed by atoms with Crippen LogP contribution in [-0.2, 0) is 20.5 Å². The van der Waals surface area contributed by atoms with Gasteiger partial charge in [0.2, 0.25) is 10.0 Å². The minimum Gasteiger partial charge on any atom is -0.384 e. The van der Waals surface area contributed by atoms with Crippen LogP contribution < -0.4 is 0 Å². The molecular formula is C14H21NO3S. The third-order valence-corrected chi connectivity index (χ3v) is 5.41. The summed E-state index contributed by atoms with van der Waals surface area (Å²) in [6.07, 6.45) is 1.78. The van der Waals surface area contributed by atoms with Crippen LogP contribution in [0.4, 0.5) is 0 Å². The molecule has 5 heteroatoms. The molecule has 0 aliphatic carbocycles. The number of nitrogens with zero attached hydrogens (tertiary/aromatic N) is 1. The van der Waals surface area contributed by atoms with Crippen LogP contribution >= 0.6 is 0 Å². The fourth-order valence-electron chi connectivity index (χ4n) is 2.47. The van der Waals surface area contributed by atoms with Crippen LogP contribution in [0.5, 0.6) is 0 Å². The molecule has 0 amide bonds. The predicted molar refractivity (Wildman–Crippen MR) is 75.2 cm³/mol. The lowest BCUT2D eigenvalue weighted by Gasteiger charge is -2.30. The van der Waals surface area contributed by atoms with E-state index in [4.69, 9.17) is 4.74 Å². The van der Waals surface area contributed by atoms with Crippen molar-refractivity contribution in [3.8, 4) is 0 Å². The van der Waals surface area contributed by atoms with Gasteiger partial charge in [0.05, 0.1) is 5.75 Å². The second kappa shape index (κ2) is 6.50. The van der Waals surface area contributed by atoms with E-state index >= 15 is 0 Å². The molecule has 1 aliphatic heterocycles. The number of piperidine rings is 1. The lowest BCUT2D eigenvalue weighted by molar-refractivity contribution is 0.121. The lowest BCUT2D eigenvalue weighted by atomic mass is 9.99. The minimum atomic E-state index is -3.18. The first-order valence-corrected chi connectivity index (χ1v) is 8.23. The van der Waals surface area contributed by atoms with E-state index in [2.05, 4.69) is 0 Å². The molecule has 1 aromatic rings. The highest BCUT2D eigenvalue weighted by molar-refractivity contribution is 7.88. The van der Waals surface area contributed by atoms with Gasteiger partial charge >= 0.3 is 0 Å². The van der Waals surface area contributed by atoms with Crippen molar-refractivity contribution >= 4 is 10.0 Å². The summed E-state index contributed by atoms with van der Waals surface area (Å²) in [5.74, 6) is 0.594. The van der Waals surface area contributed by atoms with Crippen LogP contribution in [0.1, 0.15) is 18.4 Å². The Morgan fingerprint density at radius 2 is 1.84 bits per heavy atom. The largest absolute Gasteiger partial charge is 0.384 e. The molecule has 0 spiro atoms. The number of rotatable bonds is 5. The summed E-state index contributed by atoms with van der Waals surface area (Å²) in [6.45, 7) is 1.96. The third-order valence-electron chi connectivity index (χ3n) is 3.56. The van der Waals surface area contributed by atoms with E-state index in [1.165, 1.54) is 0 Å². The zero-order valence-corrected chi connectivity index (χ0v) is 12.1. The van der Waals surface area contributed by atoms with E-state index in [1.54, 1.807) is 11.4 Å². The summed E-state index contributed by atoms with van der Waals surface area (Å²) >= 11 is 0. The molecule has 1 fully saturated rings. The molecule has 0 radical (unpaired) electrons. The van der Waals surface area contributed by atoms with Crippen molar-refractivity contribution < 1.29 is 13.2 Å². The van der Waals surface area contributed by atoms with Gasteiger partial charge in [-0.3, -0.25) is 0 Å². The van der Waals surface area contributed by atoms with Crippen molar-refractivity contribution in [3.63, 3.8) is 0 Å². The zero-order valence-electron chi connectivity index (χ0n) is 11.3. The summed E-state index contributed by atoms with van der Waals surface area (Å²) in [7, 11) is -1.49. The average molecular weight is 283 g/mol. The average Bonchev–Trinajstić information content (AvgIpc) is 2.40. The first kappa shape index (κ1) is 14.5. The predicted octanol–water partition coefficient (Wildman–Crippen LogP) is 1.87. The molecular weight excluding hydrogens is 262 g/mol. The number of methoxy groups -OCH3 is 1. The molecule has 0 N–H and O–H groups in total.